The van der Waals surface area contributed by atoms with E-state index in [1.807, 2.05) is 7.11 Å². The molecule has 1 rings (SSSR count). The number of rotatable bonds is 6. The zero-order valence-electron chi connectivity index (χ0n) is 11.3. The molecule has 1 aliphatic rings. The van der Waals surface area contributed by atoms with Gasteiger partial charge in [-0.2, -0.15) is 0 Å². The number of nitrogens with one attached hydrogen (secondary N) is 1. The van der Waals surface area contributed by atoms with Gasteiger partial charge in [-0.3, -0.25) is 4.90 Å². The molecule has 1 heterocycles. The van der Waals surface area contributed by atoms with Gasteiger partial charge in [0.25, 0.3) is 0 Å². The van der Waals surface area contributed by atoms with Crippen LogP contribution in [0.25, 0.3) is 0 Å². The molecule has 0 bridgehead atoms. The van der Waals surface area contributed by atoms with Crippen LogP contribution < -0.4 is 5.32 Å². The second kappa shape index (κ2) is 7.25. The molecule has 0 saturated carbocycles. The summed E-state index contributed by atoms with van der Waals surface area (Å²) in [5.41, 5.74) is 0. The second-order valence-corrected chi connectivity index (χ2v) is 5.17. The molecular formula is C13H28N2O. The van der Waals surface area contributed by atoms with Gasteiger partial charge < -0.3 is 10.1 Å². The number of likely N-dealkylation sites (N-methyl/N-ethyl adjacent to an activating group) is 1. The molecular weight excluding hydrogens is 200 g/mol. The Kier molecular flexibility index (Phi) is 6.32. The first kappa shape index (κ1) is 13.9. The monoisotopic (exact) mass is 228 g/mol. The number of ether oxygens (including phenoxy) is 1. The van der Waals surface area contributed by atoms with Gasteiger partial charge in [-0.05, 0) is 31.8 Å². The third-order valence-corrected chi connectivity index (χ3v) is 3.52. The minimum Gasteiger partial charge on any atom is -0.380 e. The minimum atomic E-state index is 0.447. The topological polar surface area (TPSA) is 24.5 Å². The fraction of sp³-hybridized carbons (Fsp3) is 1.00. The minimum absolute atomic E-state index is 0.447. The molecule has 96 valence electrons. The van der Waals surface area contributed by atoms with Gasteiger partial charge in [-0.25, -0.2) is 0 Å². The first-order valence-electron chi connectivity index (χ1n) is 6.65. The molecule has 0 aromatic rings. The van der Waals surface area contributed by atoms with Gasteiger partial charge in [-0.1, -0.05) is 20.8 Å². The molecule has 3 nitrogen and oxygen atoms in total. The van der Waals surface area contributed by atoms with Crippen molar-refractivity contribution >= 4 is 0 Å². The van der Waals surface area contributed by atoms with Crippen molar-refractivity contribution in [2.45, 2.75) is 45.8 Å². The maximum absolute atomic E-state index is 5.46. The summed E-state index contributed by atoms with van der Waals surface area (Å²) in [7, 11) is 1.83. The normalized spacial score (nSPS) is 24.9. The summed E-state index contributed by atoms with van der Waals surface area (Å²) in [5.74, 6) is 0.697. The van der Waals surface area contributed by atoms with E-state index < -0.39 is 0 Å². The van der Waals surface area contributed by atoms with Crippen LogP contribution >= 0.6 is 0 Å². The van der Waals surface area contributed by atoms with Crippen molar-refractivity contribution in [3.63, 3.8) is 0 Å². The van der Waals surface area contributed by atoms with Crippen LogP contribution in [-0.4, -0.2) is 50.3 Å². The fourth-order valence-corrected chi connectivity index (χ4v) is 2.42. The van der Waals surface area contributed by atoms with Crippen LogP contribution in [0.1, 0.15) is 33.6 Å². The predicted molar refractivity (Wildman–Crippen MR) is 68.8 cm³/mol. The number of likely N-dealkylation sites (tertiary alicyclic amines) is 1. The van der Waals surface area contributed by atoms with Crippen molar-refractivity contribution in [2.24, 2.45) is 5.92 Å². The van der Waals surface area contributed by atoms with Crippen LogP contribution in [0.3, 0.4) is 0 Å². The van der Waals surface area contributed by atoms with Crippen molar-refractivity contribution in [1.29, 1.82) is 0 Å². The summed E-state index contributed by atoms with van der Waals surface area (Å²) in [4.78, 5) is 2.55. The van der Waals surface area contributed by atoms with Crippen LogP contribution in [0.4, 0.5) is 0 Å². The summed E-state index contributed by atoms with van der Waals surface area (Å²) in [5, 5.41) is 3.58. The Hall–Kier alpha value is -0.120. The number of nitrogens with zero attached hydrogens (tertiary/aromatic N) is 1. The van der Waals surface area contributed by atoms with Crippen LogP contribution in [0.15, 0.2) is 0 Å². The molecule has 1 aliphatic heterocycles. The second-order valence-electron chi connectivity index (χ2n) is 5.17. The van der Waals surface area contributed by atoms with Gasteiger partial charge in [0.15, 0.2) is 0 Å². The number of hydrogen-bond donors (Lipinski definition) is 1. The Bertz CT molecular complexity index is 185. The highest BCUT2D eigenvalue weighted by Crippen LogP contribution is 2.14. The SMILES string of the molecule is CCNC(CN1CCCC(OC)C1)C(C)C. The summed E-state index contributed by atoms with van der Waals surface area (Å²) in [6.45, 7) is 11.3. The van der Waals surface area contributed by atoms with E-state index in [0.29, 0.717) is 18.1 Å². The van der Waals surface area contributed by atoms with Crippen molar-refractivity contribution < 1.29 is 4.74 Å². The van der Waals surface area contributed by atoms with Gasteiger partial charge >= 0.3 is 0 Å². The predicted octanol–water partition coefficient (Wildman–Crippen LogP) is 1.73. The molecule has 1 fully saturated rings. The van der Waals surface area contributed by atoms with Gasteiger partial charge in [-0.15, -0.1) is 0 Å². The maximum Gasteiger partial charge on any atom is 0.0698 e. The highest BCUT2D eigenvalue weighted by molar-refractivity contribution is 4.79. The number of hydrogen-bond acceptors (Lipinski definition) is 3. The molecule has 1 N–H and O–H groups in total. The lowest BCUT2D eigenvalue weighted by Crippen LogP contribution is -2.48. The maximum atomic E-state index is 5.46. The molecule has 0 spiro atoms. The quantitative estimate of drug-likeness (QED) is 0.749. The third kappa shape index (κ3) is 4.40. The van der Waals surface area contributed by atoms with E-state index in [2.05, 4.69) is 31.0 Å². The number of piperidine rings is 1. The zero-order chi connectivity index (χ0) is 12.0. The van der Waals surface area contributed by atoms with Crippen molar-refractivity contribution in [3.8, 4) is 0 Å². The van der Waals surface area contributed by atoms with Gasteiger partial charge in [0.05, 0.1) is 6.10 Å². The average molecular weight is 228 g/mol. The summed E-state index contributed by atoms with van der Waals surface area (Å²) < 4.78 is 5.46. The van der Waals surface area contributed by atoms with Gasteiger partial charge in [0.2, 0.25) is 0 Å². The zero-order valence-corrected chi connectivity index (χ0v) is 11.3. The molecule has 2 atom stereocenters. The smallest absolute Gasteiger partial charge is 0.0698 e. The van der Waals surface area contributed by atoms with E-state index in [1.165, 1.54) is 19.4 Å². The lowest BCUT2D eigenvalue weighted by Gasteiger charge is -2.35. The Morgan fingerprint density at radius 1 is 1.44 bits per heavy atom. The molecule has 0 aliphatic carbocycles. The Morgan fingerprint density at radius 2 is 2.19 bits per heavy atom. The van der Waals surface area contributed by atoms with E-state index in [-0.39, 0.29) is 0 Å². The lowest BCUT2D eigenvalue weighted by atomic mass is 10.0. The van der Waals surface area contributed by atoms with E-state index in [0.717, 1.165) is 19.6 Å². The molecule has 2 unspecified atom stereocenters. The standard InChI is InChI=1S/C13H28N2O/c1-5-14-13(11(2)3)10-15-8-6-7-12(9-15)16-4/h11-14H,5-10H2,1-4H3. The summed E-state index contributed by atoms with van der Waals surface area (Å²) in [6, 6.07) is 0.612. The van der Waals surface area contributed by atoms with E-state index >= 15 is 0 Å². The molecule has 1 saturated heterocycles. The Morgan fingerprint density at radius 3 is 2.75 bits per heavy atom. The van der Waals surface area contributed by atoms with Crippen LogP contribution in [0.5, 0.6) is 0 Å². The molecule has 0 aromatic heterocycles. The highest BCUT2D eigenvalue weighted by atomic mass is 16.5. The fourth-order valence-electron chi connectivity index (χ4n) is 2.42. The first-order chi connectivity index (χ1) is 7.67. The van der Waals surface area contributed by atoms with Crippen molar-refractivity contribution in [1.82, 2.24) is 10.2 Å². The molecule has 3 heteroatoms. The van der Waals surface area contributed by atoms with Crippen LogP contribution in [0, 0.1) is 5.92 Å². The lowest BCUT2D eigenvalue weighted by molar-refractivity contribution is 0.0262. The molecule has 16 heavy (non-hydrogen) atoms. The third-order valence-electron chi connectivity index (χ3n) is 3.52. The van der Waals surface area contributed by atoms with Crippen molar-refractivity contribution in [2.75, 3.05) is 33.3 Å². The summed E-state index contributed by atoms with van der Waals surface area (Å²) in [6.07, 6.45) is 2.94. The van der Waals surface area contributed by atoms with E-state index in [1.54, 1.807) is 0 Å². The summed E-state index contributed by atoms with van der Waals surface area (Å²) >= 11 is 0. The van der Waals surface area contributed by atoms with E-state index in [4.69, 9.17) is 4.74 Å². The highest BCUT2D eigenvalue weighted by Gasteiger charge is 2.22. The molecule has 0 radical (unpaired) electrons. The van der Waals surface area contributed by atoms with Crippen LogP contribution in [-0.2, 0) is 4.74 Å². The number of methoxy groups -OCH3 is 1. The first-order valence-corrected chi connectivity index (χ1v) is 6.65. The Labute approximate surface area is 101 Å². The van der Waals surface area contributed by atoms with Crippen molar-refractivity contribution in [3.05, 3.63) is 0 Å². The van der Waals surface area contributed by atoms with Gasteiger partial charge in [0, 0.05) is 26.2 Å². The van der Waals surface area contributed by atoms with E-state index in [9.17, 15) is 0 Å². The Balaban J connectivity index is 2.38. The largest absolute Gasteiger partial charge is 0.380 e. The average Bonchev–Trinajstić information content (AvgIpc) is 2.28. The molecule has 0 aromatic carbocycles. The van der Waals surface area contributed by atoms with Gasteiger partial charge in [0.1, 0.15) is 0 Å². The molecule has 0 amide bonds. The van der Waals surface area contributed by atoms with Crippen LogP contribution in [0.2, 0.25) is 0 Å².